The number of allylic oxidation sites excluding steroid dienone is 1. The second-order valence-electron chi connectivity index (χ2n) is 28.0. The molecule has 348 valence electrons. The molecule has 3 aliphatic heterocycles. The topological polar surface area (TPSA) is 6.48 Å². The molecule has 0 bridgehead atoms. The van der Waals surface area contributed by atoms with Crippen LogP contribution in [0.25, 0.3) is 0 Å². The van der Waals surface area contributed by atoms with Crippen LogP contribution in [-0.4, -0.2) is 12.0 Å². The van der Waals surface area contributed by atoms with Crippen molar-refractivity contribution in [3.05, 3.63) is 110 Å². The van der Waals surface area contributed by atoms with E-state index in [1.807, 2.05) is 0 Å². The Morgan fingerprint density at radius 2 is 0.894 bits per heavy atom. The molecule has 4 aliphatic carbocycles. The van der Waals surface area contributed by atoms with Crippen LogP contribution in [0.4, 0.5) is 28.4 Å². The van der Waals surface area contributed by atoms with Crippen molar-refractivity contribution in [1.82, 2.24) is 0 Å². The molecule has 0 N–H and O–H groups in total. The summed E-state index contributed by atoms with van der Waals surface area (Å²) in [5.41, 5.74) is 23.4. The average molecular weight is 897 g/mol. The molecule has 3 heterocycles. The van der Waals surface area contributed by atoms with Crippen LogP contribution in [0.2, 0.25) is 0 Å². The van der Waals surface area contributed by atoms with Crippen molar-refractivity contribution in [3.63, 3.8) is 0 Å². The highest BCUT2D eigenvalue weighted by atomic mass is 32.2. The number of nitrogens with zero attached hydrogens (tertiary/aromatic N) is 2. The first-order chi connectivity index (χ1) is 30.6. The third-order valence-electron chi connectivity index (χ3n) is 19.7. The monoisotopic (exact) mass is 897 g/mol. The van der Waals surface area contributed by atoms with Crippen LogP contribution in [0, 0.1) is 16.7 Å². The summed E-state index contributed by atoms with van der Waals surface area (Å²) < 4.78 is 0. The molecule has 0 radical (unpaired) electrons. The highest BCUT2D eigenvalue weighted by molar-refractivity contribution is 8.06. The molecule has 66 heavy (non-hydrogen) atoms. The fraction of sp³-hybridized carbons (Fsp3) is 0.581. The summed E-state index contributed by atoms with van der Waals surface area (Å²) in [6.45, 7) is 43.0. The zero-order chi connectivity index (χ0) is 47.3. The van der Waals surface area contributed by atoms with Crippen LogP contribution in [0.15, 0.2) is 71.2 Å². The van der Waals surface area contributed by atoms with Crippen LogP contribution in [0.3, 0.4) is 0 Å². The number of fused-ring (bicyclic) bond motifs is 8. The van der Waals surface area contributed by atoms with Gasteiger partial charge in [0.1, 0.15) is 0 Å². The van der Waals surface area contributed by atoms with Crippen molar-refractivity contribution in [1.29, 1.82) is 0 Å². The molecule has 1 saturated carbocycles. The van der Waals surface area contributed by atoms with Gasteiger partial charge in [-0.2, -0.15) is 0 Å². The van der Waals surface area contributed by atoms with Gasteiger partial charge in [0.15, 0.2) is 0 Å². The van der Waals surface area contributed by atoms with Gasteiger partial charge >= 0.3 is 0 Å². The summed E-state index contributed by atoms with van der Waals surface area (Å²) in [4.78, 5) is 7.29. The standard InChI is InChI=1S/C62H81BN2S/c1-18-37-31-48-51-49(32-37)65(39-20-22-41-43(34-39)58(8,9)26-24-56(41,4)5)52-50-53(62(16,17)30-29-61(50,14)15)66-54(52)63(51)46-35-44-45(60(12,13)28-27-59(44,10)11)36-47(46)64(48)38-19-21-40-42(33-38)57(6,7)25-23-55(40,2)3/h19-22,31-36,50,53H,18,23-30H2,1-17H3. The maximum atomic E-state index is 2.88. The molecule has 2 unspecified atom stereocenters. The second kappa shape index (κ2) is 13.9. The van der Waals surface area contributed by atoms with E-state index >= 15 is 0 Å². The number of thioether (sulfide) groups is 1. The molecule has 1 fully saturated rings. The van der Waals surface area contributed by atoms with Crippen molar-refractivity contribution in [2.45, 2.75) is 213 Å². The Bertz CT molecular complexity index is 2770. The maximum absolute atomic E-state index is 2.88. The van der Waals surface area contributed by atoms with E-state index < -0.39 is 0 Å². The minimum Gasteiger partial charge on any atom is -0.314 e. The molecule has 0 spiro atoms. The van der Waals surface area contributed by atoms with Gasteiger partial charge in [-0.1, -0.05) is 136 Å². The molecule has 0 amide bonds. The van der Waals surface area contributed by atoms with Crippen molar-refractivity contribution < 1.29 is 0 Å². The van der Waals surface area contributed by atoms with Gasteiger partial charge < -0.3 is 9.80 Å². The molecule has 0 saturated heterocycles. The van der Waals surface area contributed by atoms with Crippen molar-refractivity contribution >= 4 is 57.8 Å². The number of aryl methyl sites for hydroxylation is 1. The Kier molecular flexibility index (Phi) is 9.51. The average Bonchev–Trinajstić information content (AvgIpc) is 3.67. The summed E-state index contributed by atoms with van der Waals surface area (Å²) in [7, 11) is 0. The molecule has 4 aromatic carbocycles. The number of anilines is 5. The van der Waals surface area contributed by atoms with Crippen LogP contribution >= 0.6 is 11.8 Å². The lowest BCUT2D eigenvalue weighted by Crippen LogP contribution is -2.56. The van der Waals surface area contributed by atoms with Crippen molar-refractivity contribution in [2.75, 3.05) is 9.80 Å². The lowest BCUT2D eigenvalue weighted by Gasteiger charge is -2.52. The summed E-state index contributed by atoms with van der Waals surface area (Å²) in [6.07, 6.45) is 10.8. The number of benzene rings is 4. The van der Waals surface area contributed by atoms with Gasteiger partial charge in [0, 0.05) is 45.3 Å². The van der Waals surface area contributed by atoms with Gasteiger partial charge in [0.05, 0.1) is 0 Å². The van der Waals surface area contributed by atoms with E-state index in [2.05, 4.69) is 200 Å². The van der Waals surface area contributed by atoms with Crippen LogP contribution in [0.1, 0.15) is 208 Å². The van der Waals surface area contributed by atoms with Crippen LogP contribution < -0.4 is 20.7 Å². The van der Waals surface area contributed by atoms with Gasteiger partial charge in [0.2, 0.25) is 0 Å². The first-order valence-corrected chi connectivity index (χ1v) is 27.2. The van der Waals surface area contributed by atoms with Crippen molar-refractivity contribution in [3.8, 4) is 0 Å². The molecular weight excluding hydrogens is 816 g/mol. The second-order valence-corrected chi connectivity index (χ2v) is 29.2. The number of hydrogen-bond acceptors (Lipinski definition) is 3. The minimum absolute atomic E-state index is 0.0950. The van der Waals surface area contributed by atoms with E-state index in [1.165, 1.54) is 107 Å². The zero-order valence-electron chi connectivity index (χ0n) is 44.2. The van der Waals surface area contributed by atoms with Crippen LogP contribution in [0.5, 0.6) is 0 Å². The Balaban J connectivity index is 1.26. The Hall–Kier alpha value is -3.37. The molecule has 11 rings (SSSR count). The first-order valence-electron chi connectivity index (χ1n) is 26.3. The molecule has 4 heteroatoms. The third-order valence-corrected chi connectivity index (χ3v) is 21.6. The van der Waals surface area contributed by atoms with Gasteiger partial charge in [-0.05, 0) is 198 Å². The zero-order valence-corrected chi connectivity index (χ0v) is 45.0. The van der Waals surface area contributed by atoms with Gasteiger partial charge in [-0.25, -0.2) is 0 Å². The van der Waals surface area contributed by atoms with Crippen molar-refractivity contribution in [2.24, 2.45) is 16.7 Å². The molecule has 2 nitrogen and oxygen atoms in total. The predicted octanol–water partition coefficient (Wildman–Crippen LogP) is 16.2. The van der Waals surface area contributed by atoms with E-state index in [0.717, 1.165) is 6.42 Å². The normalized spacial score (nSPS) is 26.9. The Labute approximate surface area is 405 Å². The number of rotatable bonds is 3. The molecule has 0 aromatic heterocycles. The molecular formula is C62H81BN2S. The Morgan fingerprint density at radius 3 is 1.39 bits per heavy atom. The number of hydrogen-bond donors (Lipinski definition) is 0. The quantitative estimate of drug-likeness (QED) is 0.189. The van der Waals surface area contributed by atoms with E-state index in [-0.39, 0.29) is 50.0 Å². The van der Waals surface area contributed by atoms with Gasteiger partial charge in [-0.15, -0.1) is 11.8 Å². The third kappa shape index (κ3) is 6.33. The summed E-state index contributed by atoms with van der Waals surface area (Å²) in [6, 6.07) is 26.2. The first kappa shape index (κ1) is 45.1. The van der Waals surface area contributed by atoms with E-state index in [1.54, 1.807) is 32.8 Å². The smallest absolute Gasteiger partial charge is 0.259 e. The molecule has 7 aliphatic rings. The largest absolute Gasteiger partial charge is 0.314 e. The molecule has 4 aromatic rings. The fourth-order valence-corrected chi connectivity index (χ4v) is 16.7. The lowest BCUT2D eigenvalue weighted by molar-refractivity contribution is 0.0881. The fourth-order valence-electron chi connectivity index (χ4n) is 14.6. The van der Waals surface area contributed by atoms with E-state index in [4.69, 9.17) is 0 Å². The lowest BCUT2D eigenvalue weighted by atomic mass is 9.35. The highest BCUT2D eigenvalue weighted by Crippen LogP contribution is 2.66. The summed E-state index contributed by atoms with van der Waals surface area (Å²) >= 11 is 2.30. The van der Waals surface area contributed by atoms with Gasteiger partial charge in [0.25, 0.3) is 6.71 Å². The maximum Gasteiger partial charge on any atom is 0.259 e. The summed E-state index contributed by atoms with van der Waals surface area (Å²) in [5, 5.41) is 0.505. The van der Waals surface area contributed by atoms with Gasteiger partial charge in [-0.3, -0.25) is 0 Å². The van der Waals surface area contributed by atoms with E-state index in [0.29, 0.717) is 11.2 Å². The SMILES string of the molecule is CCc1cc2c3c(c1)N(c1ccc4c(c1)C(C)(C)CCC4(C)C)c1cc4c(cc1B3C1=C(C3C(S1)C(C)(C)CCC3(C)C)N2c1ccc2c(c1)C(C)(C)CCC2(C)C)C(C)(C)CCC4(C)C. The minimum atomic E-state index is 0.0950. The predicted molar refractivity (Wildman–Crippen MR) is 289 cm³/mol. The summed E-state index contributed by atoms with van der Waals surface area (Å²) in [5.74, 6) is 0.435. The highest BCUT2D eigenvalue weighted by Gasteiger charge is 2.60. The van der Waals surface area contributed by atoms with E-state index in [9.17, 15) is 0 Å². The van der Waals surface area contributed by atoms with Crippen LogP contribution in [-0.2, 0) is 38.9 Å². The molecule has 2 atom stereocenters. The Morgan fingerprint density at radius 1 is 0.470 bits per heavy atom.